The molecule has 0 aliphatic heterocycles. The molecule has 0 aliphatic rings. The predicted octanol–water partition coefficient (Wildman–Crippen LogP) is 2.41. The second kappa shape index (κ2) is 10.9. The lowest BCUT2D eigenvalue weighted by atomic mass is 10.2. The first-order valence-corrected chi connectivity index (χ1v) is 6.74. The molecular weight excluding hydrogens is 200 g/mol. The molecule has 0 fully saturated rings. The molecule has 0 aromatic rings. The summed E-state index contributed by atoms with van der Waals surface area (Å²) in [4.78, 5) is 13.5. The molecule has 0 saturated carbocycles. The zero-order valence-corrected chi connectivity index (χ0v) is 11.2. The maximum atomic E-state index is 11.6. The Labute approximate surface area is 101 Å². The van der Waals surface area contributed by atoms with Crippen LogP contribution in [0.3, 0.4) is 0 Å². The van der Waals surface area contributed by atoms with Crippen molar-refractivity contribution in [2.75, 3.05) is 26.2 Å². The molecule has 0 radical (unpaired) electrons. The average molecular weight is 228 g/mol. The first-order valence-electron chi connectivity index (χ1n) is 6.74. The highest BCUT2D eigenvalue weighted by Crippen LogP contribution is 1.97. The molecule has 3 nitrogen and oxygen atoms in total. The molecule has 0 unspecified atom stereocenters. The Balaban J connectivity index is 3.33. The maximum absolute atomic E-state index is 11.6. The van der Waals surface area contributed by atoms with Crippen molar-refractivity contribution in [1.82, 2.24) is 10.2 Å². The lowest BCUT2D eigenvalue weighted by Crippen LogP contribution is -2.33. The Kier molecular flexibility index (Phi) is 10.5. The van der Waals surface area contributed by atoms with Crippen molar-refractivity contribution >= 4 is 5.91 Å². The van der Waals surface area contributed by atoms with Crippen molar-refractivity contribution in [1.29, 1.82) is 0 Å². The number of nitrogens with one attached hydrogen (secondary N) is 1. The standard InChI is InChI=1S/C13H28N2O/c1-4-7-8-9-11-14-12-10-13(16)15(5-2)6-3/h14H,4-12H2,1-3H3. The van der Waals surface area contributed by atoms with E-state index in [1.165, 1.54) is 25.7 Å². The summed E-state index contributed by atoms with van der Waals surface area (Å²) in [6, 6.07) is 0. The van der Waals surface area contributed by atoms with E-state index in [9.17, 15) is 4.79 Å². The first kappa shape index (κ1) is 15.4. The van der Waals surface area contributed by atoms with Gasteiger partial charge in [0.05, 0.1) is 0 Å². The zero-order valence-electron chi connectivity index (χ0n) is 11.2. The Morgan fingerprint density at radius 2 is 1.69 bits per heavy atom. The largest absolute Gasteiger partial charge is 0.343 e. The second-order valence-corrected chi connectivity index (χ2v) is 4.13. The van der Waals surface area contributed by atoms with Gasteiger partial charge in [0.25, 0.3) is 0 Å². The lowest BCUT2D eigenvalue weighted by Gasteiger charge is -2.18. The van der Waals surface area contributed by atoms with Crippen LogP contribution in [-0.2, 0) is 4.79 Å². The molecule has 1 N–H and O–H groups in total. The summed E-state index contributed by atoms with van der Waals surface area (Å²) in [5.74, 6) is 0.269. The molecule has 1 amide bonds. The molecule has 0 atom stereocenters. The predicted molar refractivity (Wildman–Crippen MR) is 69.6 cm³/mol. The minimum atomic E-state index is 0.269. The zero-order chi connectivity index (χ0) is 12.2. The van der Waals surface area contributed by atoms with Crippen LogP contribution < -0.4 is 5.32 Å². The molecule has 0 rings (SSSR count). The average Bonchev–Trinajstić information content (AvgIpc) is 2.29. The summed E-state index contributed by atoms with van der Waals surface area (Å²) >= 11 is 0. The lowest BCUT2D eigenvalue weighted by molar-refractivity contribution is -0.130. The monoisotopic (exact) mass is 228 g/mol. The van der Waals surface area contributed by atoms with Gasteiger partial charge in [-0.05, 0) is 26.8 Å². The third-order valence-electron chi connectivity index (χ3n) is 2.84. The van der Waals surface area contributed by atoms with E-state index in [0.29, 0.717) is 6.42 Å². The number of amides is 1. The number of unbranched alkanes of at least 4 members (excludes halogenated alkanes) is 3. The van der Waals surface area contributed by atoms with E-state index < -0.39 is 0 Å². The van der Waals surface area contributed by atoms with E-state index in [1.807, 2.05) is 18.7 Å². The van der Waals surface area contributed by atoms with Crippen LogP contribution >= 0.6 is 0 Å². The molecule has 96 valence electrons. The molecule has 0 heterocycles. The molecule has 0 bridgehead atoms. The van der Waals surface area contributed by atoms with Gasteiger partial charge in [0.1, 0.15) is 0 Å². The maximum Gasteiger partial charge on any atom is 0.223 e. The van der Waals surface area contributed by atoms with Crippen molar-refractivity contribution in [2.24, 2.45) is 0 Å². The van der Waals surface area contributed by atoms with Crippen molar-refractivity contribution in [3.05, 3.63) is 0 Å². The minimum absolute atomic E-state index is 0.269. The quantitative estimate of drug-likeness (QED) is 0.582. The highest BCUT2D eigenvalue weighted by molar-refractivity contribution is 5.76. The number of carbonyl (C=O) groups excluding carboxylic acids is 1. The number of nitrogens with zero attached hydrogens (tertiary/aromatic N) is 1. The summed E-state index contributed by atoms with van der Waals surface area (Å²) in [7, 11) is 0. The van der Waals surface area contributed by atoms with Crippen molar-refractivity contribution < 1.29 is 4.79 Å². The highest BCUT2D eigenvalue weighted by Gasteiger charge is 2.07. The fraction of sp³-hybridized carbons (Fsp3) is 0.923. The number of hydrogen-bond acceptors (Lipinski definition) is 2. The van der Waals surface area contributed by atoms with E-state index >= 15 is 0 Å². The first-order chi connectivity index (χ1) is 7.76. The van der Waals surface area contributed by atoms with E-state index in [0.717, 1.165) is 26.2 Å². The molecule has 0 aromatic heterocycles. The van der Waals surface area contributed by atoms with Crippen LogP contribution in [0.15, 0.2) is 0 Å². The summed E-state index contributed by atoms with van der Waals surface area (Å²) < 4.78 is 0. The van der Waals surface area contributed by atoms with Crippen LogP contribution in [0.4, 0.5) is 0 Å². The van der Waals surface area contributed by atoms with Gasteiger partial charge in [-0.25, -0.2) is 0 Å². The van der Waals surface area contributed by atoms with Crippen LogP contribution in [0, 0.1) is 0 Å². The van der Waals surface area contributed by atoms with Crippen LogP contribution in [0.2, 0.25) is 0 Å². The Bertz CT molecular complexity index is 167. The van der Waals surface area contributed by atoms with Crippen LogP contribution in [0.1, 0.15) is 52.9 Å². The summed E-state index contributed by atoms with van der Waals surface area (Å²) in [6.07, 6.45) is 5.76. The topological polar surface area (TPSA) is 32.3 Å². The van der Waals surface area contributed by atoms with Crippen molar-refractivity contribution in [3.63, 3.8) is 0 Å². The van der Waals surface area contributed by atoms with Gasteiger partial charge < -0.3 is 10.2 Å². The Morgan fingerprint density at radius 3 is 2.25 bits per heavy atom. The van der Waals surface area contributed by atoms with E-state index in [-0.39, 0.29) is 5.91 Å². The van der Waals surface area contributed by atoms with Crippen LogP contribution in [0.25, 0.3) is 0 Å². The molecular formula is C13H28N2O. The summed E-state index contributed by atoms with van der Waals surface area (Å²) in [6.45, 7) is 9.79. The molecule has 0 aromatic carbocycles. The number of carbonyl (C=O) groups is 1. The van der Waals surface area contributed by atoms with Gasteiger partial charge in [0, 0.05) is 26.1 Å². The number of hydrogen-bond donors (Lipinski definition) is 1. The van der Waals surface area contributed by atoms with Gasteiger partial charge in [0.15, 0.2) is 0 Å². The van der Waals surface area contributed by atoms with Crippen LogP contribution in [-0.4, -0.2) is 37.0 Å². The fourth-order valence-electron chi connectivity index (χ4n) is 1.73. The van der Waals surface area contributed by atoms with Crippen LogP contribution in [0.5, 0.6) is 0 Å². The highest BCUT2D eigenvalue weighted by atomic mass is 16.2. The smallest absolute Gasteiger partial charge is 0.223 e. The summed E-state index contributed by atoms with van der Waals surface area (Å²) in [5, 5.41) is 3.33. The number of rotatable bonds is 10. The van der Waals surface area contributed by atoms with Gasteiger partial charge >= 0.3 is 0 Å². The molecule has 0 saturated heterocycles. The minimum Gasteiger partial charge on any atom is -0.343 e. The molecule has 0 spiro atoms. The van der Waals surface area contributed by atoms with E-state index in [1.54, 1.807) is 0 Å². The van der Waals surface area contributed by atoms with E-state index in [2.05, 4.69) is 12.2 Å². The SMILES string of the molecule is CCCCCCNCCC(=O)N(CC)CC. The van der Waals surface area contributed by atoms with Crippen molar-refractivity contribution in [3.8, 4) is 0 Å². The molecule has 16 heavy (non-hydrogen) atoms. The normalized spacial score (nSPS) is 10.4. The fourth-order valence-corrected chi connectivity index (χ4v) is 1.73. The van der Waals surface area contributed by atoms with Gasteiger partial charge in [-0.15, -0.1) is 0 Å². The van der Waals surface area contributed by atoms with Crippen molar-refractivity contribution in [2.45, 2.75) is 52.9 Å². The Morgan fingerprint density at radius 1 is 1.00 bits per heavy atom. The third kappa shape index (κ3) is 7.69. The van der Waals surface area contributed by atoms with Gasteiger partial charge in [-0.2, -0.15) is 0 Å². The van der Waals surface area contributed by atoms with E-state index in [4.69, 9.17) is 0 Å². The Hall–Kier alpha value is -0.570. The van der Waals surface area contributed by atoms with Gasteiger partial charge in [0.2, 0.25) is 5.91 Å². The second-order valence-electron chi connectivity index (χ2n) is 4.13. The van der Waals surface area contributed by atoms with Gasteiger partial charge in [-0.3, -0.25) is 4.79 Å². The molecule has 3 heteroatoms. The molecule has 0 aliphatic carbocycles. The van der Waals surface area contributed by atoms with Gasteiger partial charge in [-0.1, -0.05) is 26.2 Å². The third-order valence-corrected chi connectivity index (χ3v) is 2.84. The summed E-state index contributed by atoms with van der Waals surface area (Å²) in [5.41, 5.74) is 0.